The fraction of sp³-hybridized carbons (Fsp3) is 0.533. The molecule has 0 spiro atoms. The predicted octanol–water partition coefficient (Wildman–Crippen LogP) is 2.58. The van der Waals surface area contributed by atoms with Gasteiger partial charge >= 0.3 is 0 Å². The number of amides is 1. The molecule has 0 aromatic carbocycles. The highest BCUT2D eigenvalue weighted by molar-refractivity contribution is 7.15. The zero-order valence-electron chi connectivity index (χ0n) is 13.1. The lowest BCUT2D eigenvalue weighted by molar-refractivity contribution is 0.0937. The summed E-state index contributed by atoms with van der Waals surface area (Å²) in [6.45, 7) is 10.00. The maximum Gasteiger partial charge on any atom is 0.271 e. The molecule has 2 aromatic rings. The summed E-state index contributed by atoms with van der Waals surface area (Å²) in [6, 6.07) is 0.0298. The molecule has 0 aliphatic carbocycles. The average molecular weight is 307 g/mol. The summed E-state index contributed by atoms with van der Waals surface area (Å²) in [4.78, 5) is 29.7. The smallest absolute Gasteiger partial charge is 0.271 e. The molecule has 2 heterocycles. The first-order valence-corrected chi connectivity index (χ1v) is 7.94. The van der Waals surface area contributed by atoms with Crippen LogP contribution >= 0.6 is 11.3 Å². The number of nitrogens with one attached hydrogen (secondary N) is 1. The maximum absolute atomic E-state index is 12.6. The van der Waals surface area contributed by atoms with E-state index < -0.39 is 0 Å². The molecular formula is C15H21N3O2S. The largest absolute Gasteiger partial charge is 0.349 e. The van der Waals surface area contributed by atoms with Gasteiger partial charge in [-0.3, -0.25) is 14.0 Å². The normalized spacial score (nSPS) is 13.4. The van der Waals surface area contributed by atoms with Crippen LogP contribution in [0.25, 0.3) is 4.96 Å². The van der Waals surface area contributed by atoms with E-state index >= 15 is 0 Å². The van der Waals surface area contributed by atoms with Gasteiger partial charge in [0.05, 0.1) is 0 Å². The Morgan fingerprint density at radius 3 is 2.71 bits per heavy atom. The van der Waals surface area contributed by atoms with E-state index in [0.29, 0.717) is 4.96 Å². The van der Waals surface area contributed by atoms with Gasteiger partial charge in [-0.2, -0.15) is 0 Å². The standard InChI is InChI=1S/C15H21N3O2S/c1-6-9(2)17-12(19)10-7-16-14-18(13(10)20)11(8-21-14)15(3,4)5/h7-9H,6H2,1-5H3,(H,17,19). The van der Waals surface area contributed by atoms with Crippen LogP contribution in [0.3, 0.4) is 0 Å². The number of nitrogens with zero attached hydrogens (tertiary/aromatic N) is 2. The van der Waals surface area contributed by atoms with Crippen LogP contribution in [0.4, 0.5) is 0 Å². The fourth-order valence-corrected chi connectivity index (χ4v) is 3.04. The minimum atomic E-state index is -0.359. The van der Waals surface area contributed by atoms with E-state index in [-0.39, 0.29) is 28.5 Å². The van der Waals surface area contributed by atoms with E-state index in [1.807, 2.05) is 40.0 Å². The van der Waals surface area contributed by atoms with Crippen molar-refractivity contribution in [3.05, 3.63) is 33.2 Å². The monoisotopic (exact) mass is 307 g/mol. The van der Waals surface area contributed by atoms with E-state index in [1.165, 1.54) is 17.5 Å². The third-order valence-electron chi connectivity index (χ3n) is 3.45. The summed E-state index contributed by atoms with van der Waals surface area (Å²) >= 11 is 1.41. The van der Waals surface area contributed by atoms with Crippen molar-refractivity contribution < 1.29 is 4.79 Å². The topological polar surface area (TPSA) is 63.5 Å². The number of hydrogen-bond acceptors (Lipinski definition) is 4. The van der Waals surface area contributed by atoms with Crippen LogP contribution in [0.1, 0.15) is 57.1 Å². The van der Waals surface area contributed by atoms with Gasteiger partial charge < -0.3 is 5.32 Å². The van der Waals surface area contributed by atoms with Gasteiger partial charge in [0.2, 0.25) is 0 Å². The van der Waals surface area contributed by atoms with E-state index in [1.54, 1.807) is 4.40 Å². The summed E-state index contributed by atoms with van der Waals surface area (Å²) in [7, 11) is 0. The second-order valence-electron chi connectivity index (χ2n) is 6.25. The Kier molecular flexibility index (Phi) is 4.18. The Labute approximate surface area is 128 Å². The second-order valence-corrected chi connectivity index (χ2v) is 7.09. The first-order chi connectivity index (χ1) is 9.75. The lowest BCUT2D eigenvalue weighted by atomic mass is 9.93. The zero-order chi connectivity index (χ0) is 15.8. The molecule has 5 nitrogen and oxygen atoms in total. The number of carbonyl (C=O) groups is 1. The Bertz CT molecular complexity index is 725. The van der Waals surface area contributed by atoms with E-state index in [4.69, 9.17) is 0 Å². The molecule has 0 aliphatic rings. The summed E-state index contributed by atoms with van der Waals surface area (Å²) < 4.78 is 1.55. The number of carbonyl (C=O) groups excluding carboxylic acids is 1. The molecule has 1 unspecified atom stereocenters. The number of aromatic nitrogens is 2. The molecule has 0 bridgehead atoms. The molecule has 1 N–H and O–H groups in total. The molecule has 1 amide bonds. The fourth-order valence-electron chi connectivity index (χ4n) is 1.97. The molecule has 6 heteroatoms. The van der Waals surface area contributed by atoms with Crippen LogP contribution < -0.4 is 10.9 Å². The van der Waals surface area contributed by atoms with Crippen molar-refractivity contribution in [2.75, 3.05) is 0 Å². The molecule has 0 radical (unpaired) electrons. The highest BCUT2D eigenvalue weighted by Gasteiger charge is 2.23. The van der Waals surface area contributed by atoms with Crippen LogP contribution in [0.5, 0.6) is 0 Å². The molecule has 0 fully saturated rings. The van der Waals surface area contributed by atoms with E-state index in [9.17, 15) is 9.59 Å². The summed E-state index contributed by atoms with van der Waals surface area (Å²) in [6.07, 6.45) is 2.19. The molecule has 114 valence electrons. The molecule has 21 heavy (non-hydrogen) atoms. The lowest BCUT2D eigenvalue weighted by Crippen LogP contribution is -2.37. The van der Waals surface area contributed by atoms with Crippen molar-refractivity contribution in [3.63, 3.8) is 0 Å². The Morgan fingerprint density at radius 1 is 1.48 bits per heavy atom. The highest BCUT2D eigenvalue weighted by Crippen LogP contribution is 2.25. The van der Waals surface area contributed by atoms with Gasteiger partial charge in [0.25, 0.3) is 11.5 Å². The maximum atomic E-state index is 12.6. The van der Waals surface area contributed by atoms with Gasteiger partial charge in [-0.25, -0.2) is 4.98 Å². The molecule has 2 rings (SSSR count). The van der Waals surface area contributed by atoms with E-state index in [0.717, 1.165) is 12.1 Å². The van der Waals surface area contributed by atoms with Crippen LogP contribution in [-0.4, -0.2) is 21.3 Å². The van der Waals surface area contributed by atoms with Gasteiger partial charge in [0, 0.05) is 28.7 Å². The van der Waals surface area contributed by atoms with Gasteiger partial charge in [0.15, 0.2) is 4.96 Å². The summed E-state index contributed by atoms with van der Waals surface area (Å²) in [5, 5.41) is 4.74. The highest BCUT2D eigenvalue weighted by atomic mass is 32.1. The molecule has 2 aromatic heterocycles. The third kappa shape index (κ3) is 3.00. The Hall–Kier alpha value is -1.69. The van der Waals surface area contributed by atoms with Crippen LogP contribution in [0.2, 0.25) is 0 Å². The average Bonchev–Trinajstić information content (AvgIpc) is 2.83. The predicted molar refractivity (Wildman–Crippen MR) is 85.3 cm³/mol. The molecule has 1 atom stereocenters. The molecule has 0 saturated heterocycles. The quantitative estimate of drug-likeness (QED) is 0.948. The van der Waals surface area contributed by atoms with Gasteiger partial charge in [-0.15, -0.1) is 11.3 Å². The number of thiazole rings is 1. The minimum Gasteiger partial charge on any atom is -0.349 e. The van der Waals surface area contributed by atoms with Crippen molar-refractivity contribution >= 4 is 22.2 Å². The number of rotatable bonds is 3. The SMILES string of the molecule is CCC(C)NC(=O)c1cnc2scc(C(C)(C)C)n2c1=O. The first-order valence-electron chi connectivity index (χ1n) is 7.06. The Morgan fingerprint density at radius 2 is 2.14 bits per heavy atom. The molecule has 0 saturated carbocycles. The summed E-state index contributed by atoms with van der Waals surface area (Å²) in [5.41, 5.74) is 0.483. The van der Waals surface area contributed by atoms with Crippen molar-refractivity contribution in [2.45, 2.75) is 52.5 Å². The summed E-state index contributed by atoms with van der Waals surface area (Å²) in [5.74, 6) is -0.359. The van der Waals surface area contributed by atoms with Crippen molar-refractivity contribution in [2.24, 2.45) is 0 Å². The first kappa shape index (κ1) is 15.7. The van der Waals surface area contributed by atoms with Gasteiger partial charge in [0.1, 0.15) is 5.56 Å². The lowest BCUT2D eigenvalue weighted by Gasteiger charge is -2.17. The third-order valence-corrected chi connectivity index (χ3v) is 4.29. The van der Waals surface area contributed by atoms with Crippen molar-refractivity contribution in [3.8, 4) is 0 Å². The number of fused-ring (bicyclic) bond motifs is 1. The molecule has 0 aliphatic heterocycles. The number of hydrogen-bond donors (Lipinski definition) is 1. The van der Waals surface area contributed by atoms with Crippen molar-refractivity contribution in [1.29, 1.82) is 0 Å². The zero-order valence-corrected chi connectivity index (χ0v) is 13.9. The second kappa shape index (κ2) is 5.60. The minimum absolute atomic E-state index is 0.0298. The van der Waals surface area contributed by atoms with Crippen LogP contribution in [0.15, 0.2) is 16.4 Å². The van der Waals surface area contributed by atoms with Gasteiger partial charge in [-0.05, 0) is 13.3 Å². The molecular weight excluding hydrogens is 286 g/mol. The Balaban J connectivity index is 2.56. The van der Waals surface area contributed by atoms with Crippen LogP contribution in [-0.2, 0) is 5.41 Å². The van der Waals surface area contributed by atoms with E-state index in [2.05, 4.69) is 10.3 Å². The van der Waals surface area contributed by atoms with Gasteiger partial charge in [-0.1, -0.05) is 27.7 Å². The van der Waals surface area contributed by atoms with Crippen molar-refractivity contribution in [1.82, 2.24) is 14.7 Å². The van der Waals surface area contributed by atoms with Crippen LogP contribution in [0, 0.1) is 0 Å².